The molecule has 1 saturated heterocycles. The van der Waals surface area contributed by atoms with Crippen LogP contribution in [0.2, 0.25) is 0 Å². The zero-order valence-electron chi connectivity index (χ0n) is 10.5. The number of rotatable bonds is 5. The van der Waals surface area contributed by atoms with E-state index in [1.807, 2.05) is 4.90 Å². The van der Waals surface area contributed by atoms with E-state index in [1.165, 1.54) is 0 Å². The maximum absolute atomic E-state index is 11.7. The van der Waals surface area contributed by atoms with Crippen molar-refractivity contribution in [1.29, 1.82) is 0 Å². The molecule has 0 aromatic carbocycles. The van der Waals surface area contributed by atoms with Gasteiger partial charge in [-0.1, -0.05) is 0 Å². The van der Waals surface area contributed by atoms with Crippen LogP contribution in [0, 0.1) is 0 Å². The molecule has 6 nitrogen and oxygen atoms in total. The highest BCUT2D eigenvalue weighted by Crippen LogP contribution is 2.15. The van der Waals surface area contributed by atoms with Crippen LogP contribution in [-0.2, 0) is 10.0 Å². The molecule has 1 aromatic rings. The summed E-state index contributed by atoms with van der Waals surface area (Å²) in [5, 5.41) is 0. The summed E-state index contributed by atoms with van der Waals surface area (Å²) in [6.45, 7) is 1.43. The SMILES string of the molecule is O=S(=O)(CCCl)NC1CCCN(c2ncccn2)C1. The van der Waals surface area contributed by atoms with Crippen molar-refractivity contribution < 1.29 is 8.42 Å². The van der Waals surface area contributed by atoms with Gasteiger partial charge in [0, 0.05) is 37.4 Å². The first-order chi connectivity index (χ1) is 9.11. The Labute approximate surface area is 118 Å². The molecule has 2 rings (SSSR count). The minimum atomic E-state index is -3.29. The van der Waals surface area contributed by atoms with Crippen molar-refractivity contribution in [3.05, 3.63) is 18.5 Å². The van der Waals surface area contributed by atoms with Gasteiger partial charge in [-0.05, 0) is 18.9 Å². The third-order valence-electron chi connectivity index (χ3n) is 2.95. The summed E-state index contributed by atoms with van der Waals surface area (Å²) in [6.07, 6.45) is 5.10. The van der Waals surface area contributed by atoms with Gasteiger partial charge < -0.3 is 4.90 Å². The maximum atomic E-state index is 11.7. The Morgan fingerprint density at radius 1 is 1.42 bits per heavy atom. The molecule has 1 aliphatic rings. The van der Waals surface area contributed by atoms with E-state index >= 15 is 0 Å². The number of sulfonamides is 1. The molecule has 0 radical (unpaired) electrons. The van der Waals surface area contributed by atoms with Crippen LogP contribution in [-0.4, -0.2) is 49.1 Å². The van der Waals surface area contributed by atoms with Gasteiger partial charge in [0.15, 0.2) is 0 Å². The van der Waals surface area contributed by atoms with Crippen LogP contribution in [0.25, 0.3) is 0 Å². The predicted octanol–water partition coefficient (Wildman–Crippen LogP) is 0.604. The van der Waals surface area contributed by atoms with Gasteiger partial charge in [0.1, 0.15) is 0 Å². The molecule has 19 heavy (non-hydrogen) atoms. The van der Waals surface area contributed by atoms with Crippen molar-refractivity contribution in [3.8, 4) is 0 Å². The molecule has 1 fully saturated rings. The van der Waals surface area contributed by atoms with Gasteiger partial charge in [0.25, 0.3) is 0 Å². The van der Waals surface area contributed by atoms with Crippen LogP contribution in [0.15, 0.2) is 18.5 Å². The largest absolute Gasteiger partial charge is 0.339 e. The third-order valence-corrected chi connectivity index (χ3v) is 4.80. The molecule has 0 saturated carbocycles. The lowest BCUT2D eigenvalue weighted by Crippen LogP contribution is -2.48. The second kappa shape index (κ2) is 6.49. The molecule has 2 heterocycles. The summed E-state index contributed by atoms with van der Waals surface area (Å²) in [7, 11) is -3.29. The van der Waals surface area contributed by atoms with E-state index in [4.69, 9.17) is 11.6 Å². The molecule has 1 aliphatic heterocycles. The Bertz CT molecular complexity index is 497. The predicted molar refractivity (Wildman–Crippen MR) is 74.9 cm³/mol. The van der Waals surface area contributed by atoms with E-state index in [9.17, 15) is 8.42 Å². The van der Waals surface area contributed by atoms with Gasteiger partial charge in [-0.25, -0.2) is 23.1 Å². The van der Waals surface area contributed by atoms with Gasteiger partial charge in [-0.3, -0.25) is 0 Å². The normalized spacial score (nSPS) is 20.5. The van der Waals surface area contributed by atoms with Gasteiger partial charge in [0.2, 0.25) is 16.0 Å². The number of anilines is 1. The molecular weight excluding hydrogens is 288 g/mol. The van der Waals surface area contributed by atoms with E-state index < -0.39 is 10.0 Å². The van der Waals surface area contributed by atoms with Crippen molar-refractivity contribution in [1.82, 2.24) is 14.7 Å². The standard InChI is InChI=1S/C11H17ClN4O2S/c12-4-8-19(17,18)15-10-3-1-7-16(9-10)11-13-5-2-6-14-11/h2,5-6,10,15H,1,3-4,7-9H2. The topological polar surface area (TPSA) is 75.2 Å². The van der Waals surface area contributed by atoms with Crippen molar-refractivity contribution >= 4 is 27.6 Å². The van der Waals surface area contributed by atoms with E-state index in [0.717, 1.165) is 19.4 Å². The number of piperidine rings is 1. The average Bonchev–Trinajstić information content (AvgIpc) is 2.39. The fraction of sp³-hybridized carbons (Fsp3) is 0.636. The lowest BCUT2D eigenvalue weighted by molar-refractivity contribution is 0.462. The lowest BCUT2D eigenvalue weighted by atomic mass is 10.1. The first-order valence-corrected chi connectivity index (χ1v) is 8.37. The highest BCUT2D eigenvalue weighted by Gasteiger charge is 2.25. The number of hydrogen-bond acceptors (Lipinski definition) is 5. The second-order valence-corrected chi connectivity index (χ2v) is 6.71. The fourth-order valence-electron chi connectivity index (χ4n) is 2.12. The smallest absolute Gasteiger partial charge is 0.225 e. The van der Waals surface area contributed by atoms with E-state index in [-0.39, 0.29) is 17.7 Å². The minimum absolute atomic E-state index is 0.0487. The maximum Gasteiger partial charge on any atom is 0.225 e. The van der Waals surface area contributed by atoms with Crippen LogP contribution in [0.3, 0.4) is 0 Å². The zero-order chi connectivity index (χ0) is 13.7. The molecule has 0 spiro atoms. The molecule has 8 heteroatoms. The molecule has 0 amide bonds. The molecular formula is C11H17ClN4O2S. The number of alkyl halides is 1. The summed E-state index contributed by atoms with van der Waals surface area (Å²) in [5.74, 6) is 0.698. The molecule has 1 aromatic heterocycles. The quantitative estimate of drug-likeness (QED) is 0.807. The van der Waals surface area contributed by atoms with Gasteiger partial charge >= 0.3 is 0 Å². The van der Waals surface area contributed by atoms with Crippen LogP contribution >= 0.6 is 11.6 Å². The summed E-state index contributed by atoms with van der Waals surface area (Å²) in [4.78, 5) is 10.4. The molecule has 1 N–H and O–H groups in total. The van der Waals surface area contributed by atoms with Crippen molar-refractivity contribution in [3.63, 3.8) is 0 Å². The van der Waals surface area contributed by atoms with Crippen molar-refractivity contribution in [2.45, 2.75) is 18.9 Å². The molecule has 0 aliphatic carbocycles. The fourth-order valence-corrected chi connectivity index (χ4v) is 3.75. The summed E-state index contributed by atoms with van der Waals surface area (Å²) < 4.78 is 26.1. The Kier molecular flexibility index (Phi) is 4.95. The monoisotopic (exact) mass is 304 g/mol. The first-order valence-electron chi connectivity index (χ1n) is 6.18. The average molecular weight is 305 g/mol. The first kappa shape index (κ1) is 14.5. The van der Waals surface area contributed by atoms with Gasteiger partial charge in [-0.2, -0.15) is 0 Å². The second-order valence-electron chi connectivity index (χ2n) is 4.46. The van der Waals surface area contributed by atoms with Crippen LogP contribution in [0.5, 0.6) is 0 Å². The highest BCUT2D eigenvalue weighted by molar-refractivity contribution is 7.89. The summed E-state index contributed by atoms with van der Waals surface area (Å²) in [5.41, 5.74) is 0. The number of halogens is 1. The molecule has 1 unspecified atom stereocenters. The molecule has 0 bridgehead atoms. The van der Waals surface area contributed by atoms with E-state index in [1.54, 1.807) is 18.5 Å². The van der Waals surface area contributed by atoms with E-state index in [2.05, 4.69) is 14.7 Å². The minimum Gasteiger partial charge on any atom is -0.339 e. The third kappa shape index (κ3) is 4.29. The highest BCUT2D eigenvalue weighted by atomic mass is 35.5. The zero-order valence-corrected chi connectivity index (χ0v) is 12.1. The Morgan fingerprint density at radius 3 is 2.84 bits per heavy atom. The number of nitrogens with zero attached hydrogens (tertiary/aromatic N) is 3. The Balaban J connectivity index is 1.98. The Hall–Kier alpha value is -0.920. The number of aromatic nitrogens is 2. The molecule has 106 valence electrons. The molecule has 1 atom stereocenters. The Morgan fingerprint density at radius 2 is 2.16 bits per heavy atom. The number of hydrogen-bond donors (Lipinski definition) is 1. The van der Waals surface area contributed by atoms with Crippen molar-refractivity contribution in [2.75, 3.05) is 29.6 Å². The van der Waals surface area contributed by atoms with Gasteiger partial charge in [0.05, 0.1) is 5.75 Å². The van der Waals surface area contributed by atoms with Crippen LogP contribution in [0.4, 0.5) is 5.95 Å². The van der Waals surface area contributed by atoms with Crippen LogP contribution < -0.4 is 9.62 Å². The van der Waals surface area contributed by atoms with E-state index in [0.29, 0.717) is 12.5 Å². The summed E-state index contributed by atoms with van der Waals surface area (Å²) >= 11 is 5.48. The van der Waals surface area contributed by atoms with Crippen molar-refractivity contribution in [2.24, 2.45) is 0 Å². The van der Waals surface area contributed by atoms with Gasteiger partial charge in [-0.15, -0.1) is 11.6 Å². The lowest BCUT2D eigenvalue weighted by Gasteiger charge is -2.32. The summed E-state index contributed by atoms with van der Waals surface area (Å²) in [6, 6.07) is 1.65. The van der Waals surface area contributed by atoms with Crippen LogP contribution in [0.1, 0.15) is 12.8 Å². The number of nitrogens with one attached hydrogen (secondary N) is 1.